The van der Waals surface area contributed by atoms with Crippen LogP contribution in [0.5, 0.6) is 5.75 Å². The second-order valence-electron chi connectivity index (χ2n) is 5.35. The largest absolute Gasteiger partial charge is 0.493 e. The Morgan fingerprint density at radius 3 is 2.70 bits per heavy atom. The summed E-state index contributed by atoms with van der Waals surface area (Å²) in [5.41, 5.74) is 0. The van der Waals surface area contributed by atoms with Crippen LogP contribution in [0.1, 0.15) is 19.3 Å². The van der Waals surface area contributed by atoms with E-state index in [0.717, 1.165) is 17.1 Å². The van der Waals surface area contributed by atoms with Crippen LogP contribution in [0, 0.1) is 5.92 Å². The molecule has 0 saturated heterocycles. The van der Waals surface area contributed by atoms with Crippen LogP contribution in [0.4, 0.5) is 0 Å². The first-order valence-electron chi connectivity index (χ1n) is 7.65. The first kappa shape index (κ1) is 16.7. The molecule has 1 N–H and O–H groups in total. The number of carboxylic acids is 1. The Morgan fingerprint density at radius 1 is 1.17 bits per heavy atom. The van der Waals surface area contributed by atoms with Crippen LogP contribution < -0.4 is 4.74 Å². The van der Waals surface area contributed by atoms with Gasteiger partial charge in [0, 0.05) is 0 Å². The summed E-state index contributed by atoms with van der Waals surface area (Å²) >= 11 is 0. The molecule has 2 aromatic rings. The zero-order valence-electron chi connectivity index (χ0n) is 12.9. The molecule has 0 aliphatic carbocycles. The predicted octanol–water partition coefficient (Wildman–Crippen LogP) is 3.84. The van der Waals surface area contributed by atoms with Crippen LogP contribution in [0.2, 0.25) is 0 Å². The van der Waals surface area contributed by atoms with Crippen molar-refractivity contribution in [2.24, 2.45) is 5.92 Å². The minimum Gasteiger partial charge on any atom is -0.493 e. The molecule has 0 aliphatic rings. The molecule has 0 spiro atoms. The molecule has 0 heterocycles. The molecule has 0 saturated carbocycles. The number of carbonyl (C=O) groups is 2. The molecule has 0 bridgehead atoms. The van der Waals surface area contributed by atoms with E-state index >= 15 is 0 Å². The van der Waals surface area contributed by atoms with Gasteiger partial charge in [-0.15, -0.1) is 0 Å². The lowest BCUT2D eigenvalue weighted by Gasteiger charge is -2.13. The highest BCUT2D eigenvalue weighted by Gasteiger charge is 2.17. The molecule has 0 amide bonds. The third kappa shape index (κ3) is 5.25. The number of ether oxygens (including phenoxy) is 1. The van der Waals surface area contributed by atoms with Gasteiger partial charge in [0.25, 0.3) is 0 Å². The van der Waals surface area contributed by atoms with Crippen molar-refractivity contribution in [2.45, 2.75) is 19.3 Å². The summed E-state index contributed by atoms with van der Waals surface area (Å²) < 4.78 is 5.66. The molecular formula is C19H20O4. The van der Waals surface area contributed by atoms with E-state index in [1.165, 1.54) is 6.08 Å². The summed E-state index contributed by atoms with van der Waals surface area (Å²) in [6, 6.07) is 13.7. The molecule has 4 heteroatoms. The number of aldehydes is 1. The Labute approximate surface area is 135 Å². The number of fused-ring (bicyclic) bond motifs is 1. The third-order valence-corrected chi connectivity index (χ3v) is 3.66. The molecular weight excluding hydrogens is 292 g/mol. The summed E-state index contributed by atoms with van der Waals surface area (Å²) in [6.45, 7) is 0.144. The fourth-order valence-electron chi connectivity index (χ4n) is 2.37. The van der Waals surface area contributed by atoms with Crippen molar-refractivity contribution < 1.29 is 19.4 Å². The topological polar surface area (TPSA) is 63.6 Å². The highest BCUT2D eigenvalue weighted by Crippen LogP contribution is 2.21. The smallest absolute Gasteiger partial charge is 0.309 e. The van der Waals surface area contributed by atoms with Crippen LogP contribution >= 0.6 is 0 Å². The van der Waals surface area contributed by atoms with Crippen molar-refractivity contribution in [3.8, 4) is 5.75 Å². The first-order valence-corrected chi connectivity index (χ1v) is 7.65. The standard InChI is InChI=1S/C19H20O4/c20-12-6-2-1-3-9-17(19(21)22)14-23-18-11-10-15-7-4-5-8-16(15)13-18/h2,4-8,10-13,17H,1,3,9,14H2,(H,21,22)/b6-2+. The second kappa shape index (κ2) is 8.73. The second-order valence-corrected chi connectivity index (χ2v) is 5.35. The van der Waals surface area contributed by atoms with E-state index in [9.17, 15) is 14.7 Å². The summed E-state index contributed by atoms with van der Waals surface area (Å²) in [7, 11) is 0. The minimum atomic E-state index is -0.856. The fourth-order valence-corrected chi connectivity index (χ4v) is 2.37. The molecule has 120 valence electrons. The molecule has 0 aromatic heterocycles. The Morgan fingerprint density at radius 2 is 1.96 bits per heavy atom. The maximum Gasteiger partial charge on any atom is 0.309 e. The van der Waals surface area contributed by atoms with Gasteiger partial charge in [-0.1, -0.05) is 36.4 Å². The summed E-state index contributed by atoms with van der Waals surface area (Å²) in [5.74, 6) is -0.730. The minimum absolute atomic E-state index is 0.144. The lowest BCUT2D eigenvalue weighted by atomic mass is 10.0. The molecule has 0 fully saturated rings. The van der Waals surface area contributed by atoms with Crippen molar-refractivity contribution in [2.75, 3.05) is 6.61 Å². The van der Waals surface area contributed by atoms with E-state index in [2.05, 4.69) is 0 Å². The molecule has 1 atom stereocenters. The SMILES string of the molecule is O=C/C=C/CCCC(COc1ccc2ccccc2c1)C(=O)O. The van der Waals surface area contributed by atoms with Crippen LogP contribution in [0.25, 0.3) is 10.8 Å². The molecule has 2 rings (SSSR count). The molecule has 23 heavy (non-hydrogen) atoms. The Hall–Kier alpha value is -2.62. The van der Waals surface area contributed by atoms with Crippen LogP contribution in [0.15, 0.2) is 54.6 Å². The van der Waals surface area contributed by atoms with Crippen molar-refractivity contribution in [3.05, 3.63) is 54.6 Å². The Kier molecular flexibility index (Phi) is 6.36. The van der Waals surface area contributed by atoms with Gasteiger partial charge >= 0.3 is 5.97 Å². The Balaban J connectivity index is 1.90. The van der Waals surface area contributed by atoms with Gasteiger partial charge in [-0.3, -0.25) is 9.59 Å². The number of benzene rings is 2. The third-order valence-electron chi connectivity index (χ3n) is 3.66. The summed E-state index contributed by atoms with van der Waals surface area (Å²) in [5, 5.41) is 11.5. The van der Waals surface area contributed by atoms with Gasteiger partial charge in [0.15, 0.2) is 0 Å². The maximum atomic E-state index is 11.3. The average Bonchev–Trinajstić information content (AvgIpc) is 2.57. The van der Waals surface area contributed by atoms with E-state index in [-0.39, 0.29) is 6.61 Å². The van der Waals surface area contributed by atoms with Crippen molar-refractivity contribution in [1.29, 1.82) is 0 Å². The molecule has 4 nitrogen and oxygen atoms in total. The van der Waals surface area contributed by atoms with E-state index in [1.807, 2.05) is 42.5 Å². The van der Waals surface area contributed by atoms with Crippen molar-refractivity contribution >= 4 is 23.0 Å². The average molecular weight is 312 g/mol. The number of hydrogen-bond donors (Lipinski definition) is 1. The molecule has 0 radical (unpaired) electrons. The normalized spacial score (nSPS) is 12.3. The lowest BCUT2D eigenvalue weighted by Crippen LogP contribution is -2.21. The number of allylic oxidation sites excluding steroid dienone is 2. The fraction of sp³-hybridized carbons (Fsp3) is 0.263. The van der Waals surface area contributed by atoms with E-state index in [1.54, 1.807) is 6.08 Å². The number of rotatable bonds is 9. The number of carbonyl (C=O) groups excluding carboxylic acids is 1. The van der Waals surface area contributed by atoms with Crippen LogP contribution in [0.3, 0.4) is 0 Å². The molecule has 2 aromatic carbocycles. The van der Waals surface area contributed by atoms with Gasteiger partial charge in [-0.2, -0.15) is 0 Å². The molecule has 1 unspecified atom stereocenters. The zero-order valence-corrected chi connectivity index (χ0v) is 12.9. The van der Waals surface area contributed by atoms with Gasteiger partial charge in [-0.25, -0.2) is 0 Å². The van der Waals surface area contributed by atoms with Gasteiger partial charge in [-0.05, 0) is 48.2 Å². The van der Waals surface area contributed by atoms with Crippen molar-refractivity contribution in [1.82, 2.24) is 0 Å². The lowest BCUT2D eigenvalue weighted by molar-refractivity contribution is -0.143. The summed E-state index contributed by atoms with van der Waals surface area (Å²) in [4.78, 5) is 21.5. The quantitative estimate of drug-likeness (QED) is 0.434. The zero-order chi connectivity index (χ0) is 16.5. The van der Waals surface area contributed by atoms with Crippen LogP contribution in [-0.4, -0.2) is 24.0 Å². The van der Waals surface area contributed by atoms with Crippen LogP contribution in [-0.2, 0) is 9.59 Å². The number of aliphatic carboxylic acids is 1. The van der Waals surface area contributed by atoms with Crippen molar-refractivity contribution in [3.63, 3.8) is 0 Å². The van der Waals surface area contributed by atoms with Gasteiger partial charge < -0.3 is 9.84 Å². The van der Waals surface area contributed by atoms with E-state index in [4.69, 9.17) is 4.74 Å². The number of hydrogen-bond acceptors (Lipinski definition) is 3. The maximum absolute atomic E-state index is 11.3. The highest BCUT2D eigenvalue weighted by molar-refractivity contribution is 5.83. The predicted molar refractivity (Wildman–Crippen MR) is 89.6 cm³/mol. The first-order chi connectivity index (χ1) is 11.2. The van der Waals surface area contributed by atoms with E-state index < -0.39 is 11.9 Å². The number of carboxylic acid groups (broad SMARTS) is 1. The number of unbranched alkanes of at least 4 members (excludes halogenated alkanes) is 1. The van der Waals surface area contributed by atoms with Gasteiger partial charge in [0.1, 0.15) is 18.6 Å². The van der Waals surface area contributed by atoms with Gasteiger partial charge in [0.05, 0.1) is 5.92 Å². The van der Waals surface area contributed by atoms with E-state index in [0.29, 0.717) is 25.0 Å². The molecule has 0 aliphatic heterocycles. The highest BCUT2D eigenvalue weighted by atomic mass is 16.5. The summed E-state index contributed by atoms with van der Waals surface area (Å²) in [6.07, 6.45) is 5.82. The van der Waals surface area contributed by atoms with Gasteiger partial charge in [0.2, 0.25) is 0 Å². The Bertz CT molecular complexity index is 691. The monoisotopic (exact) mass is 312 g/mol.